The third-order valence-corrected chi connectivity index (χ3v) is 13.9. The Morgan fingerprint density at radius 1 is 0.889 bits per heavy atom. The smallest absolute Gasteiger partial charge is 0.308 e. The number of aliphatic hydroxyl groups is 5. The summed E-state index contributed by atoms with van der Waals surface area (Å²) in [5, 5.41) is 58.8. The van der Waals surface area contributed by atoms with Gasteiger partial charge in [0.15, 0.2) is 18.9 Å². The molecule has 4 aliphatic rings. The van der Waals surface area contributed by atoms with Crippen molar-refractivity contribution in [3.63, 3.8) is 0 Å². The Kier molecular flexibility index (Phi) is 20.6. The maximum atomic E-state index is 13.8. The zero-order chi connectivity index (χ0) is 46.9. The third kappa shape index (κ3) is 13.8. The van der Waals surface area contributed by atoms with E-state index in [9.17, 15) is 39.9 Å². The molecule has 0 amide bonds. The number of aliphatic hydroxyl groups excluding tert-OH is 4. The summed E-state index contributed by atoms with van der Waals surface area (Å²) in [6.07, 6.45) is -8.80. The van der Waals surface area contributed by atoms with Crippen LogP contribution in [0.1, 0.15) is 107 Å². The monoisotopic (exact) mass is 902 g/mol. The molecule has 3 fully saturated rings. The first kappa shape index (κ1) is 53.6. The van der Waals surface area contributed by atoms with E-state index in [1.807, 2.05) is 33.8 Å². The summed E-state index contributed by atoms with van der Waals surface area (Å²) in [6.45, 7) is 16.2. The maximum Gasteiger partial charge on any atom is 0.308 e. The molecule has 17 nitrogen and oxygen atoms in total. The van der Waals surface area contributed by atoms with E-state index >= 15 is 0 Å². The number of aldehydes is 1. The summed E-state index contributed by atoms with van der Waals surface area (Å²) in [6, 6.07) is 0. The van der Waals surface area contributed by atoms with E-state index in [2.05, 4.69) is 5.32 Å². The highest BCUT2D eigenvalue weighted by molar-refractivity contribution is 5.80. The average molecular weight is 902 g/mol. The molecule has 4 aliphatic heterocycles. The van der Waals surface area contributed by atoms with Crippen LogP contribution in [-0.4, -0.2) is 162 Å². The molecule has 14 unspecified atom stereocenters. The summed E-state index contributed by atoms with van der Waals surface area (Å²) < 4.78 is 49.2. The molecule has 0 aromatic heterocycles. The van der Waals surface area contributed by atoms with E-state index in [4.69, 9.17) is 37.9 Å². The van der Waals surface area contributed by atoms with Crippen LogP contribution in [0, 0.1) is 35.5 Å². The molecular formula is C46H79NO16. The fraction of sp³-hybridized carbons (Fsp3) is 0.891. The molecule has 0 saturated carbocycles. The fourth-order valence-electron chi connectivity index (χ4n) is 9.83. The third-order valence-electron chi connectivity index (χ3n) is 13.9. The normalized spacial score (nSPS) is 46.1. The number of carbonyl (C=O) groups excluding carboxylic acids is 3. The molecule has 364 valence electrons. The Morgan fingerprint density at radius 2 is 1.57 bits per heavy atom. The van der Waals surface area contributed by atoms with Crippen LogP contribution in [0.15, 0.2) is 11.6 Å². The Balaban J connectivity index is 1.59. The lowest BCUT2D eigenvalue weighted by atomic mass is 9.79. The largest absolute Gasteiger partial charge is 0.462 e. The van der Waals surface area contributed by atoms with Gasteiger partial charge < -0.3 is 73.5 Å². The van der Waals surface area contributed by atoms with Gasteiger partial charge in [-0.1, -0.05) is 39.3 Å². The quantitative estimate of drug-likeness (QED) is 0.0885. The van der Waals surface area contributed by atoms with Gasteiger partial charge in [0, 0.05) is 62.5 Å². The Labute approximate surface area is 373 Å². The van der Waals surface area contributed by atoms with Gasteiger partial charge in [0.1, 0.15) is 36.5 Å². The van der Waals surface area contributed by atoms with Crippen LogP contribution in [0.3, 0.4) is 0 Å². The lowest BCUT2D eigenvalue weighted by Gasteiger charge is -2.48. The standard InChI is InChI=1S/C46H79NO16/c1-12-35-31(22-57-44-26(5)41(56-11)38(52)27(6)59-44)17-23(2)13-14-33(49)24(3)18-30(15-16-48)40(25(4)34(50)19-36(51)61-35)63-45-39(53)32(21-47-10)42(28(7)60-45)62-37-20-46(9,55)43(54)29(8)58-37/h16-17,24-32,34-35,37-45,47,50,52-55H,12-15,18-22H2,1-11H3/b23-17+/t24-,25+,26?,27?,28?,29?,30+,31-,32?,34-,35-,37?,38?,39?,40-,41?,42?,43?,44?,45?,46?/m1/s1. The van der Waals surface area contributed by atoms with Crippen LogP contribution in [0.25, 0.3) is 0 Å². The van der Waals surface area contributed by atoms with Gasteiger partial charge in [-0.05, 0) is 66.8 Å². The van der Waals surface area contributed by atoms with Crippen molar-refractivity contribution in [3.05, 3.63) is 11.6 Å². The molecule has 3 saturated heterocycles. The number of hydrogen-bond donors (Lipinski definition) is 6. The molecule has 0 radical (unpaired) electrons. The van der Waals surface area contributed by atoms with E-state index in [1.165, 1.54) is 14.0 Å². The van der Waals surface area contributed by atoms with Crippen molar-refractivity contribution in [1.82, 2.24) is 5.32 Å². The van der Waals surface area contributed by atoms with Gasteiger partial charge >= 0.3 is 5.97 Å². The number of nitrogens with one attached hydrogen (secondary N) is 1. The number of Topliss-reactive ketones (excluding diaryl/α,β-unsaturated/α-hetero) is 1. The van der Waals surface area contributed by atoms with Crippen molar-refractivity contribution in [1.29, 1.82) is 0 Å². The van der Waals surface area contributed by atoms with Crippen LogP contribution in [0.5, 0.6) is 0 Å². The van der Waals surface area contributed by atoms with Gasteiger partial charge in [-0.3, -0.25) is 9.59 Å². The van der Waals surface area contributed by atoms with Crippen LogP contribution in [0.4, 0.5) is 0 Å². The van der Waals surface area contributed by atoms with Crippen LogP contribution >= 0.6 is 0 Å². The van der Waals surface area contributed by atoms with Gasteiger partial charge in [0.25, 0.3) is 0 Å². The molecule has 0 aromatic carbocycles. The van der Waals surface area contributed by atoms with Gasteiger partial charge in [0.05, 0.1) is 61.4 Å². The van der Waals surface area contributed by atoms with Crippen molar-refractivity contribution in [2.75, 3.05) is 27.3 Å². The lowest BCUT2D eigenvalue weighted by Crippen LogP contribution is -2.61. The van der Waals surface area contributed by atoms with Crippen molar-refractivity contribution in [2.24, 2.45) is 35.5 Å². The molecule has 63 heavy (non-hydrogen) atoms. The molecule has 0 aliphatic carbocycles. The highest BCUT2D eigenvalue weighted by Gasteiger charge is 2.51. The van der Waals surface area contributed by atoms with Crippen LogP contribution < -0.4 is 5.32 Å². The molecule has 0 spiro atoms. The van der Waals surface area contributed by atoms with Crippen molar-refractivity contribution in [2.45, 2.75) is 199 Å². The summed E-state index contributed by atoms with van der Waals surface area (Å²) >= 11 is 0. The number of ether oxygens (including phenoxy) is 8. The second-order valence-corrected chi connectivity index (χ2v) is 19.0. The molecule has 6 N–H and O–H groups in total. The number of rotatable bonds is 13. The lowest BCUT2D eigenvalue weighted by molar-refractivity contribution is -0.342. The first-order chi connectivity index (χ1) is 29.7. The minimum Gasteiger partial charge on any atom is -0.462 e. The van der Waals surface area contributed by atoms with Crippen LogP contribution in [-0.2, 0) is 52.3 Å². The number of allylic oxidation sites excluding steroid dienone is 1. The minimum atomic E-state index is -1.48. The Hall–Kier alpha value is -1.97. The first-order valence-corrected chi connectivity index (χ1v) is 23.0. The van der Waals surface area contributed by atoms with Gasteiger partial charge in [-0.25, -0.2) is 0 Å². The second kappa shape index (κ2) is 24.2. The van der Waals surface area contributed by atoms with E-state index in [-0.39, 0.29) is 50.5 Å². The average Bonchev–Trinajstić information content (AvgIpc) is 3.22. The summed E-state index contributed by atoms with van der Waals surface area (Å²) in [5.74, 6) is -3.99. The molecule has 0 aromatic rings. The van der Waals surface area contributed by atoms with E-state index < -0.39 is 134 Å². The van der Waals surface area contributed by atoms with Gasteiger partial charge in [0.2, 0.25) is 0 Å². The highest BCUT2D eigenvalue weighted by Crippen LogP contribution is 2.38. The van der Waals surface area contributed by atoms with Gasteiger partial charge in [-0.15, -0.1) is 0 Å². The van der Waals surface area contributed by atoms with Crippen LogP contribution in [0.2, 0.25) is 0 Å². The number of ketones is 1. The fourth-order valence-corrected chi connectivity index (χ4v) is 9.83. The summed E-state index contributed by atoms with van der Waals surface area (Å²) in [5.41, 5.74) is -0.584. The highest BCUT2D eigenvalue weighted by atomic mass is 16.7. The SMILES string of the molecule is CC[C@H]1OC(=O)C[C@@H](O)[C@H](C)[C@@H](OC2OC(C)C(OC3CC(C)(O)C(O)C(C)O3)C(CNC)C2O)[C@@H](CC=O)C[C@@H](C)C(=O)CC/C(C)=C/[C@@H]1COC1OC(C)C(O)C(OC)C1C. The molecule has 0 bridgehead atoms. The number of cyclic esters (lactones) is 1. The molecule has 21 atom stereocenters. The Morgan fingerprint density at radius 3 is 2.19 bits per heavy atom. The molecule has 4 heterocycles. The van der Waals surface area contributed by atoms with Crippen molar-refractivity contribution in [3.8, 4) is 0 Å². The zero-order valence-corrected chi connectivity index (χ0v) is 39.3. The Bertz CT molecular complexity index is 1480. The maximum absolute atomic E-state index is 13.8. The number of hydrogen-bond acceptors (Lipinski definition) is 17. The van der Waals surface area contributed by atoms with E-state index in [1.54, 1.807) is 34.7 Å². The van der Waals surface area contributed by atoms with Gasteiger partial charge in [-0.2, -0.15) is 0 Å². The number of carbonyl (C=O) groups is 3. The summed E-state index contributed by atoms with van der Waals surface area (Å²) in [4.78, 5) is 39.8. The molecule has 4 rings (SSSR count). The minimum absolute atomic E-state index is 0.0195. The number of methoxy groups -OCH3 is 1. The molecule has 17 heteroatoms. The van der Waals surface area contributed by atoms with Crippen molar-refractivity contribution < 1.29 is 77.8 Å². The van der Waals surface area contributed by atoms with E-state index in [0.717, 1.165) is 11.9 Å². The topological polar surface area (TPSA) is 238 Å². The predicted molar refractivity (Wildman–Crippen MR) is 229 cm³/mol. The van der Waals surface area contributed by atoms with Crippen molar-refractivity contribution >= 4 is 18.0 Å². The zero-order valence-electron chi connectivity index (χ0n) is 39.3. The number of esters is 1. The molecular weight excluding hydrogens is 822 g/mol. The van der Waals surface area contributed by atoms with E-state index in [0.29, 0.717) is 12.8 Å². The summed E-state index contributed by atoms with van der Waals surface area (Å²) in [7, 11) is 3.26. The predicted octanol–water partition coefficient (Wildman–Crippen LogP) is 2.58. The first-order valence-electron chi connectivity index (χ1n) is 23.0. The second-order valence-electron chi connectivity index (χ2n) is 19.0.